The van der Waals surface area contributed by atoms with Gasteiger partial charge in [-0.05, 0) is 42.9 Å². The molecule has 132 valence electrons. The fourth-order valence-electron chi connectivity index (χ4n) is 2.64. The lowest BCUT2D eigenvalue weighted by Crippen LogP contribution is -2.37. The van der Waals surface area contributed by atoms with Gasteiger partial charge in [-0.3, -0.25) is 9.69 Å². The van der Waals surface area contributed by atoms with Gasteiger partial charge in [-0.15, -0.1) is 12.4 Å². The molecule has 1 aromatic heterocycles. The summed E-state index contributed by atoms with van der Waals surface area (Å²) in [7, 11) is 0. The standard InChI is InChI=1S/C18H25N3O2.ClH/c1-3-21(4-2)16(17-6-5-11-23-17)13-20-18(22)15-9-7-14(12-19)8-10-15;/h5-11,16H,3-4,12-13,19H2,1-2H3,(H,20,22);1H. The average molecular weight is 352 g/mol. The van der Waals surface area contributed by atoms with Crippen LogP contribution in [0.2, 0.25) is 0 Å². The molecule has 1 heterocycles. The summed E-state index contributed by atoms with van der Waals surface area (Å²) >= 11 is 0. The second kappa shape index (κ2) is 10.1. The van der Waals surface area contributed by atoms with Gasteiger partial charge in [0.1, 0.15) is 5.76 Å². The molecule has 0 fully saturated rings. The predicted molar refractivity (Wildman–Crippen MR) is 98.3 cm³/mol. The summed E-state index contributed by atoms with van der Waals surface area (Å²) in [6.07, 6.45) is 1.67. The van der Waals surface area contributed by atoms with Gasteiger partial charge in [-0.25, -0.2) is 0 Å². The molecule has 0 bridgehead atoms. The van der Waals surface area contributed by atoms with Crippen molar-refractivity contribution in [3.8, 4) is 0 Å². The molecular weight excluding hydrogens is 326 g/mol. The van der Waals surface area contributed by atoms with E-state index in [0.29, 0.717) is 18.7 Å². The van der Waals surface area contributed by atoms with E-state index in [4.69, 9.17) is 10.2 Å². The lowest BCUT2D eigenvalue weighted by Gasteiger charge is -2.28. The van der Waals surface area contributed by atoms with Crippen molar-refractivity contribution < 1.29 is 9.21 Å². The highest BCUT2D eigenvalue weighted by atomic mass is 35.5. The van der Waals surface area contributed by atoms with E-state index >= 15 is 0 Å². The third-order valence-electron chi connectivity index (χ3n) is 4.03. The van der Waals surface area contributed by atoms with Crippen LogP contribution in [0.1, 0.15) is 41.6 Å². The average Bonchev–Trinajstić information content (AvgIpc) is 3.12. The van der Waals surface area contributed by atoms with Crippen LogP contribution in [-0.4, -0.2) is 30.4 Å². The van der Waals surface area contributed by atoms with Gasteiger partial charge >= 0.3 is 0 Å². The van der Waals surface area contributed by atoms with Crippen LogP contribution in [0, 0.1) is 0 Å². The highest BCUT2D eigenvalue weighted by Crippen LogP contribution is 2.20. The van der Waals surface area contributed by atoms with E-state index in [1.807, 2.05) is 24.3 Å². The normalized spacial score (nSPS) is 11.8. The number of benzene rings is 1. The molecule has 2 aromatic rings. The number of amides is 1. The Morgan fingerprint density at radius 3 is 2.38 bits per heavy atom. The minimum absolute atomic E-state index is 0. The molecule has 1 atom stereocenters. The van der Waals surface area contributed by atoms with Crippen molar-refractivity contribution >= 4 is 18.3 Å². The molecule has 1 aromatic carbocycles. The summed E-state index contributed by atoms with van der Waals surface area (Å²) in [6, 6.07) is 11.2. The van der Waals surface area contributed by atoms with Gasteiger partial charge in [0.2, 0.25) is 0 Å². The first-order valence-corrected chi connectivity index (χ1v) is 8.04. The highest BCUT2D eigenvalue weighted by molar-refractivity contribution is 5.94. The third-order valence-corrected chi connectivity index (χ3v) is 4.03. The van der Waals surface area contributed by atoms with E-state index in [0.717, 1.165) is 24.4 Å². The Labute approximate surface area is 149 Å². The first kappa shape index (κ1) is 20.2. The van der Waals surface area contributed by atoms with E-state index in [1.54, 1.807) is 18.4 Å². The van der Waals surface area contributed by atoms with Crippen LogP contribution in [0.4, 0.5) is 0 Å². The molecule has 1 unspecified atom stereocenters. The molecule has 0 aliphatic heterocycles. The fourth-order valence-corrected chi connectivity index (χ4v) is 2.64. The summed E-state index contributed by atoms with van der Waals surface area (Å²) in [6.45, 7) is 6.97. The van der Waals surface area contributed by atoms with Crippen LogP contribution >= 0.6 is 12.4 Å². The smallest absolute Gasteiger partial charge is 0.251 e. The molecule has 5 nitrogen and oxygen atoms in total. The Kier molecular flexibility index (Phi) is 8.54. The number of hydrogen-bond donors (Lipinski definition) is 2. The lowest BCUT2D eigenvalue weighted by molar-refractivity contribution is 0.0929. The Morgan fingerprint density at radius 1 is 1.21 bits per heavy atom. The summed E-state index contributed by atoms with van der Waals surface area (Å²) in [5, 5.41) is 3.00. The summed E-state index contributed by atoms with van der Waals surface area (Å²) < 4.78 is 5.54. The van der Waals surface area contributed by atoms with Crippen molar-refractivity contribution in [1.82, 2.24) is 10.2 Å². The predicted octanol–water partition coefficient (Wildman–Crippen LogP) is 2.97. The number of likely N-dealkylation sites (N-methyl/N-ethyl adjacent to an activating group) is 1. The van der Waals surface area contributed by atoms with Crippen LogP contribution in [0.5, 0.6) is 0 Å². The van der Waals surface area contributed by atoms with Crippen molar-refractivity contribution in [3.05, 3.63) is 59.5 Å². The quantitative estimate of drug-likeness (QED) is 0.767. The first-order valence-electron chi connectivity index (χ1n) is 8.04. The second-order valence-electron chi connectivity index (χ2n) is 5.36. The number of rotatable bonds is 8. The molecule has 0 saturated carbocycles. The molecule has 3 N–H and O–H groups in total. The third kappa shape index (κ3) is 5.09. The number of carbonyl (C=O) groups is 1. The van der Waals surface area contributed by atoms with Crippen molar-refractivity contribution in [1.29, 1.82) is 0 Å². The van der Waals surface area contributed by atoms with Gasteiger partial charge in [0.15, 0.2) is 0 Å². The van der Waals surface area contributed by atoms with Crippen molar-refractivity contribution in [2.75, 3.05) is 19.6 Å². The van der Waals surface area contributed by atoms with Crippen LogP contribution in [0.25, 0.3) is 0 Å². The number of furan rings is 1. The number of carbonyl (C=O) groups excluding carboxylic acids is 1. The highest BCUT2D eigenvalue weighted by Gasteiger charge is 2.21. The van der Waals surface area contributed by atoms with E-state index in [-0.39, 0.29) is 24.4 Å². The Bertz CT molecular complexity index is 595. The maximum Gasteiger partial charge on any atom is 0.251 e. The van der Waals surface area contributed by atoms with Gasteiger partial charge < -0.3 is 15.5 Å². The Morgan fingerprint density at radius 2 is 1.88 bits per heavy atom. The molecule has 1 amide bonds. The van der Waals surface area contributed by atoms with Gasteiger partial charge in [0.25, 0.3) is 5.91 Å². The number of halogens is 1. The summed E-state index contributed by atoms with van der Waals surface area (Å²) in [4.78, 5) is 14.6. The van der Waals surface area contributed by atoms with Crippen molar-refractivity contribution in [2.45, 2.75) is 26.4 Å². The van der Waals surface area contributed by atoms with Gasteiger partial charge in [-0.1, -0.05) is 26.0 Å². The number of nitrogens with two attached hydrogens (primary N) is 1. The molecule has 6 heteroatoms. The van der Waals surface area contributed by atoms with E-state index in [9.17, 15) is 4.79 Å². The van der Waals surface area contributed by atoms with Crippen LogP contribution < -0.4 is 11.1 Å². The minimum atomic E-state index is -0.0858. The topological polar surface area (TPSA) is 71.5 Å². The SMILES string of the molecule is CCN(CC)C(CNC(=O)c1ccc(CN)cc1)c1ccco1.Cl. The zero-order chi connectivity index (χ0) is 16.7. The lowest BCUT2D eigenvalue weighted by atomic mass is 10.1. The fraction of sp³-hybridized carbons (Fsp3) is 0.389. The molecule has 24 heavy (non-hydrogen) atoms. The maximum absolute atomic E-state index is 12.3. The van der Waals surface area contributed by atoms with Crippen molar-refractivity contribution in [3.63, 3.8) is 0 Å². The maximum atomic E-state index is 12.3. The number of hydrogen-bond acceptors (Lipinski definition) is 4. The van der Waals surface area contributed by atoms with Crippen molar-refractivity contribution in [2.24, 2.45) is 5.73 Å². The largest absolute Gasteiger partial charge is 0.468 e. The van der Waals surface area contributed by atoms with Gasteiger partial charge in [0, 0.05) is 18.7 Å². The zero-order valence-corrected chi connectivity index (χ0v) is 15.0. The molecule has 0 saturated heterocycles. The molecule has 2 rings (SSSR count). The monoisotopic (exact) mass is 351 g/mol. The molecule has 0 aliphatic rings. The Balaban J connectivity index is 0.00000288. The molecular formula is C18H26ClN3O2. The van der Waals surface area contributed by atoms with Crippen LogP contribution in [0.3, 0.4) is 0 Å². The van der Waals surface area contributed by atoms with Gasteiger partial charge in [0.05, 0.1) is 12.3 Å². The molecule has 0 aliphatic carbocycles. The summed E-state index contributed by atoms with van der Waals surface area (Å²) in [5.74, 6) is 0.782. The zero-order valence-electron chi connectivity index (χ0n) is 14.2. The van der Waals surface area contributed by atoms with Crippen LogP contribution in [-0.2, 0) is 6.54 Å². The Hall–Kier alpha value is -1.82. The second-order valence-corrected chi connectivity index (χ2v) is 5.36. The minimum Gasteiger partial charge on any atom is -0.468 e. The van der Waals surface area contributed by atoms with Gasteiger partial charge in [-0.2, -0.15) is 0 Å². The molecule has 0 radical (unpaired) electrons. The molecule has 0 spiro atoms. The van der Waals surface area contributed by atoms with E-state index in [1.165, 1.54) is 0 Å². The van der Waals surface area contributed by atoms with E-state index < -0.39 is 0 Å². The number of nitrogens with one attached hydrogen (secondary N) is 1. The number of nitrogens with zero attached hydrogens (tertiary/aromatic N) is 1. The van der Waals surface area contributed by atoms with Crippen LogP contribution in [0.15, 0.2) is 47.1 Å². The summed E-state index contributed by atoms with van der Waals surface area (Å²) in [5.41, 5.74) is 7.23. The first-order chi connectivity index (χ1) is 11.2. The van der Waals surface area contributed by atoms with E-state index in [2.05, 4.69) is 24.1 Å².